The number of aromatic nitrogens is 2. The first-order valence-corrected chi connectivity index (χ1v) is 8.70. The van der Waals surface area contributed by atoms with Gasteiger partial charge in [-0.05, 0) is 31.9 Å². The minimum atomic E-state index is -3.55. The third kappa shape index (κ3) is 3.08. The van der Waals surface area contributed by atoms with Crippen molar-refractivity contribution in [2.75, 3.05) is 6.54 Å². The van der Waals surface area contributed by atoms with Crippen LogP contribution >= 0.6 is 0 Å². The van der Waals surface area contributed by atoms with E-state index in [4.69, 9.17) is 4.42 Å². The molecule has 2 aromatic rings. The van der Waals surface area contributed by atoms with E-state index in [1.807, 2.05) is 19.1 Å². The number of hydrogen-bond acceptors (Lipinski definition) is 4. The van der Waals surface area contributed by atoms with Gasteiger partial charge in [-0.25, -0.2) is 0 Å². The number of nitrogens with zero attached hydrogens (tertiary/aromatic N) is 3. The number of rotatable bonds is 5. The molecular formula is C14H20N4O3S. The highest BCUT2D eigenvalue weighted by Gasteiger charge is 2.36. The van der Waals surface area contributed by atoms with Gasteiger partial charge in [0.25, 0.3) is 10.2 Å². The molecule has 0 spiro atoms. The summed E-state index contributed by atoms with van der Waals surface area (Å²) < 4.78 is 36.5. The van der Waals surface area contributed by atoms with E-state index < -0.39 is 10.2 Å². The minimum absolute atomic E-state index is 0.222. The molecule has 1 saturated heterocycles. The molecule has 3 rings (SSSR count). The van der Waals surface area contributed by atoms with Crippen LogP contribution in [0.3, 0.4) is 0 Å². The predicted molar refractivity (Wildman–Crippen MR) is 81.1 cm³/mol. The van der Waals surface area contributed by atoms with Crippen molar-refractivity contribution in [1.82, 2.24) is 18.8 Å². The Kier molecular flexibility index (Phi) is 4.07. The lowest BCUT2D eigenvalue weighted by Crippen LogP contribution is -2.39. The summed E-state index contributed by atoms with van der Waals surface area (Å²) in [4.78, 5) is 0. The fraction of sp³-hybridized carbons (Fsp3) is 0.500. The molecule has 0 bridgehead atoms. The molecule has 0 aromatic carbocycles. The van der Waals surface area contributed by atoms with E-state index in [-0.39, 0.29) is 12.6 Å². The summed E-state index contributed by atoms with van der Waals surface area (Å²) in [6.45, 7) is 2.60. The molecule has 1 N–H and O–H groups in total. The zero-order valence-electron chi connectivity index (χ0n) is 12.7. The summed E-state index contributed by atoms with van der Waals surface area (Å²) in [5.74, 6) is 1.50. The first-order chi connectivity index (χ1) is 10.5. The molecule has 1 fully saturated rings. The van der Waals surface area contributed by atoms with Gasteiger partial charge in [-0.15, -0.1) is 0 Å². The molecule has 2 aromatic heterocycles. The van der Waals surface area contributed by atoms with E-state index in [0.29, 0.717) is 12.3 Å². The van der Waals surface area contributed by atoms with Gasteiger partial charge in [-0.2, -0.15) is 22.5 Å². The Labute approximate surface area is 130 Å². The summed E-state index contributed by atoms with van der Waals surface area (Å²) in [6, 6.07) is 3.50. The van der Waals surface area contributed by atoms with Crippen LogP contribution in [0.1, 0.15) is 36.0 Å². The lowest BCUT2D eigenvalue weighted by Gasteiger charge is -2.22. The van der Waals surface area contributed by atoms with E-state index in [9.17, 15) is 8.42 Å². The van der Waals surface area contributed by atoms with E-state index in [0.717, 1.165) is 24.2 Å². The molecule has 0 saturated carbocycles. The molecule has 120 valence electrons. The maximum atomic E-state index is 12.5. The fourth-order valence-corrected chi connectivity index (χ4v) is 4.19. The molecule has 3 heterocycles. The minimum Gasteiger partial charge on any atom is -0.465 e. The van der Waals surface area contributed by atoms with Gasteiger partial charge < -0.3 is 4.42 Å². The number of furan rings is 1. The molecule has 1 aliphatic heterocycles. The Morgan fingerprint density at radius 2 is 2.27 bits per heavy atom. The molecule has 1 unspecified atom stereocenters. The van der Waals surface area contributed by atoms with Gasteiger partial charge in [-0.3, -0.25) is 4.68 Å². The summed E-state index contributed by atoms with van der Waals surface area (Å²) in [5, 5.41) is 4.03. The highest BCUT2D eigenvalue weighted by Crippen LogP contribution is 2.34. The molecule has 8 heteroatoms. The van der Waals surface area contributed by atoms with Crippen molar-refractivity contribution in [2.24, 2.45) is 7.05 Å². The average Bonchev–Trinajstić information content (AvgIpc) is 3.16. The summed E-state index contributed by atoms with van der Waals surface area (Å²) in [7, 11) is -1.75. The van der Waals surface area contributed by atoms with Crippen LogP contribution in [0.25, 0.3) is 0 Å². The molecule has 1 aliphatic rings. The van der Waals surface area contributed by atoms with Crippen LogP contribution in [0.2, 0.25) is 0 Å². The van der Waals surface area contributed by atoms with Gasteiger partial charge in [0.05, 0.1) is 12.2 Å². The van der Waals surface area contributed by atoms with E-state index in [1.165, 1.54) is 4.31 Å². The Hall–Kier alpha value is -1.64. The van der Waals surface area contributed by atoms with Gasteiger partial charge in [0.2, 0.25) is 0 Å². The molecule has 0 radical (unpaired) electrons. The third-order valence-corrected chi connectivity index (χ3v) is 5.38. The van der Waals surface area contributed by atoms with Crippen LogP contribution in [-0.4, -0.2) is 29.0 Å². The number of aryl methyl sites for hydroxylation is 2. The van der Waals surface area contributed by atoms with Crippen molar-refractivity contribution in [3.63, 3.8) is 0 Å². The predicted octanol–water partition coefficient (Wildman–Crippen LogP) is 1.49. The highest BCUT2D eigenvalue weighted by molar-refractivity contribution is 7.87. The van der Waals surface area contributed by atoms with Gasteiger partial charge in [0.1, 0.15) is 11.5 Å². The zero-order chi connectivity index (χ0) is 15.7. The average molecular weight is 324 g/mol. The van der Waals surface area contributed by atoms with Crippen molar-refractivity contribution in [3.8, 4) is 0 Å². The third-order valence-electron chi connectivity index (χ3n) is 3.82. The maximum absolute atomic E-state index is 12.5. The zero-order valence-corrected chi connectivity index (χ0v) is 13.5. The smallest absolute Gasteiger partial charge is 0.280 e. The van der Waals surface area contributed by atoms with Crippen molar-refractivity contribution in [2.45, 2.75) is 32.4 Å². The Morgan fingerprint density at radius 1 is 1.45 bits per heavy atom. The largest absolute Gasteiger partial charge is 0.465 e. The van der Waals surface area contributed by atoms with Crippen LogP contribution in [0, 0.1) is 6.92 Å². The van der Waals surface area contributed by atoms with E-state index in [2.05, 4.69) is 9.82 Å². The van der Waals surface area contributed by atoms with Crippen LogP contribution < -0.4 is 4.72 Å². The molecule has 0 amide bonds. The van der Waals surface area contributed by atoms with Crippen LogP contribution in [0.15, 0.2) is 28.9 Å². The van der Waals surface area contributed by atoms with Gasteiger partial charge in [0, 0.05) is 31.9 Å². The summed E-state index contributed by atoms with van der Waals surface area (Å²) in [5.41, 5.74) is 0.829. The first kappa shape index (κ1) is 15.3. The number of hydrogen-bond donors (Lipinski definition) is 1. The topological polar surface area (TPSA) is 80.4 Å². The van der Waals surface area contributed by atoms with Crippen LogP contribution in [-0.2, 0) is 23.8 Å². The molecule has 22 heavy (non-hydrogen) atoms. The Morgan fingerprint density at radius 3 is 2.91 bits per heavy atom. The maximum Gasteiger partial charge on any atom is 0.280 e. The van der Waals surface area contributed by atoms with E-state index >= 15 is 0 Å². The molecule has 1 atom stereocenters. The fourth-order valence-electron chi connectivity index (χ4n) is 2.77. The van der Waals surface area contributed by atoms with Crippen molar-refractivity contribution in [1.29, 1.82) is 0 Å². The lowest BCUT2D eigenvalue weighted by atomic mass is 10.2. The summed E-state index contributed by atoms with van der Waals surface area (Å²) in [6.07, 6.45) is 5.05. The second kappa shape index (κ2) is 5.86. The second-order valence-corrected chi connectivity index (χ2v) is 7.27. The van der Waals surface area contributed by atoms with Gasteiger partial charge in [-0.1, -0.05) is 0 Å². The van der Waals surface area contributed by atoms with Crippen molar-refractivity contribution < 1.29 is 12.8 Å². The van der Waals surface area contributed by atoms with Crippen LogP contribution in [0.5, 0.6) is 0 Å². The lowest BCUT2D eigenvalue weighted by molar-refractivity contribution is 0.330. The quantitative estimate of drug-likeness (QED) is 0.903. The first-order valence-electron chi connectivity index (χ1n) is 7.26. The standard InChI is InChI=1S/C14H20N4O3S/c1-11-5-6-14(21-11)13-4-3-7-18(13)22(19,20)16-9-12-8-15-17(2)10-12/h5-6,8,10,13,16H,3-4,7,9H2,1-2H3. The van der Waals surface area contributed by atoms with Gasteiger partial charge in [0.15, 0.2) is 0 Å². The van der Waals surface area contributed by atoms with Crippen LogP contribution in [0.4, 0.5) is 0 Å². The van der Waals surface area contributed by atoms with Crippen molar-refractivity contribution >= 4 is 10.2 Å². The SMILES string of the molecule is Cc1ccc(C2CCCN2S(=O)(=O)NCc2cnn(C)c2)o1. The normalized spacial score (nSPS) is 19.8. The highest BCUT2D eigenvalue weighted by atomic mass is 32.2. The molecule has 0 aliphatic carbocycles. The van der Waals surface area contributed by atoms with Crippen molar-refractivity contribution in [3.05, 3.63) is 41.6 Å². The molecule has 7 nitrogen and oxygen atoms in total. The second-order valence-electron chi connectivity index (χ2n) is 5.57. The number of nitrogens with one attached hydrogen (secondary N) is 1. The summed E-state index contributed by atoms with van der Waals surface area (Å²) >= 11 is 0. The molecular weight excluding hydrogens is 304 g/mol. The Balaban J connectivity index is 1.73. The van der Waals surface area contributed by atoms with E-state index in [1.54, 1.807) is 24.1 Å². The van der Waals surface area contributed by atoms with Gasteiger partial charge >= 0.3 is 0 Å². The monoisotopic (exact) mass is 324 g/mol. The Bertz CT molecular complexity index is 750.